The Bertz CT molecular complexity index is 231. The molecule has 0 heterocycles. The van der Waals surface area contributed by atoms with E-state index in [1.807, 2.05) is 0 Å². The van der Waals surface area contributed by atoms with Gasteiger partial charge in [-0.15, -0.1) is 0 Å². The molecule has 1 fully saturated rings. The van der Waals surface area contributed by atoms with Crippen molar-refractivity contribution < 1.29 is 0 Å². The lowest BCUT2D eigenvalue weighted by atomic mass is 9.59. The molecule has 0 N–H and O–H groups in total. The topological polar surface area (TPSA) is 0 Å². The van der Waals surface area contributed by atoms with E-state index < -0.39 is 0 Å². The minimum atomic E-state index is 0.437. The number of hydrogen-bond acceptors (Lipinski definition) is 0. The zero-order valence-corrected chi connectivity index (χ0v) is 13.6. The van der Waals surface area contributed by atoms with Crippen LogP contribution in [-0.2, 0) is 0 Å². The predicted molar refractivity (Wildman–Crippen MR) is 78.1 cm³/mol. The first-order chi connectivity index (χ1) is 7.35. The van der Waals surface area contributed by atoms with Crippen LogP contribution in [0.25, 0.3) is 0 Å². The predicted octanol–water partition coefficient (Wildman–Crippen LogP) is 5.77. The highest BCUT2D eigenvalue weighted by Crippen LogP contribution is 2.57. The molecule has 0 amide bonds. The molecule has 1 saturated carbocycles. The Kier molecular flexibility index (Phi) is 3.79. The standard InChI is InChI=1S/C17H34/c1-15(2,3)12-10-11-13(16(4,5)6)14(12)17(7,8)9/h12-14H,10-11H2,1-9H3. The average molecular weight is 238 g/mol. The Morgan fingerprint density at radius 3 is 1.00 bits per heavy atom. The second kappa shape index (κ2) is 4.28. The highest BCUT2D eigenvalue weighted by molar-refractivity contribution is 4.99. The van der Waals surface area contributed by atoms with Crippen molar-refractivity contribution in [2.75, 3.05) is 0 Å². The first-order valence-corrected chi connectivity index (χ1v) is 7.35. The average Bonchev–Trinajstić information content (AvgIpc) is 2.42. The van der Waals surface area contributed by atoms with E-state index >= 15 is 0 Å². The molecule has 0 nitrogen and oxygen atoms in total. The Hall–Kier alpha value is 0. The lowest BCUT2D eigenvalue weighted by Gasteiger charge is -2.45. The number of hydrogen-bond donors (Lipinski definition) is 0. The summed E-state index contributed by atoms with van der Waals surface area (Å²) in [6.45, 7) is 21.9. The van der Waals surface area contributed by atoms with Gasteiger partial charge in [-0.3, -0.25) is 0 Å². The molecule has 0 aromatic heterocycles. The van der Waals surface area contributed by atoms with Gasteiger partial charge in [0.2, 0.25) is 0 Å². The van der Waals surface area contributed by atoms with Crippen LogP contribution < -0.4 is 0 Å². The highest BCUT2D eigenvalue weighted by Gasteiger charge is 2.50. The van der Waals surface area contributed by atoms with Gasteiger partial charge in [0, 0.05) is 0 Å². The molecule has 1 aliphatic carbocycles. The molecule has 0 saturated heterocycles. The molecule has 0 spiro atoms. The fraction of sp³-hybridized carbons (Fsp3) is 1.00. The van der Waals surface area contributed by atoms with Crippen LogP contribution in [0.4, 0.5) is 0 Å². The minimum absolute atomic E-state index is 0.437. The maximum Gasteiger partial charge on any atom is -0.0299 e. The Labute approximate surface area is 110 Å². The van der Waals surface area contributed by atoms with Gasteiger partial charge in [-0.1, -0.05) is 62.3 Å². The van der Waals surface area contributed by atoms with Crippen LogP contribution in [0.2, 0.25) is 0 Å². The minimum Gasteiger partial charge on any atom is -0.0599 e. The van der Waals surface area contributed by atoms with Crippen molar-refractivity contribution in [2.45, 2.75) is 75.2 Å². The monoisotopic (exact) mass is 238 g/mol. The largest absolute Gasteiger partial charge is 0.0599 e. The molecule has 2 atom stereocenters. The SMILES string of the molecule is CC(C)(C)C1CCC(C(C)(C)C)C1C(C)(C)C. The summed E-state index contributed by atoms with van der Waals surface area (Å²) in [7, 11) is 0. The van der Waals surface area contributed by atoms with E-state index in [0.29, 0.717) is 16.2 Å². The van der Waals surface area contributed by atoms with Crippen LogP contribution in [-0.4, -0.2) is 0 Å². The second-order valence-corrected chi connectivity index (χ2v) is 9.41. The van der Waals surface area contributed by atoms with Crippen molar-refractivity contribution in [1.82, 2.24) is 0 Å². The molecule has 17 heavy (non-hydrogen) atoms. The van der Waals surface area contributed by atoms with E-state index in [0.717, 1.165) is 17.8 Å². The quantitative estimate of drug-likeness (QED) is 0.503. The Morgan fingerprint density at radius 2 is 0.824 bits per heavy atom. The van der Waals surface area contributed by atoms with E-state index in [1.54, 1.807) is 0 Å². The molecular weight excluding hydrogens is 204 g/mol. The fourth-order valence-corrected chi connectivity index (χ4v) is 4.15. The molecule has 0 aliphatic heterocycles. The molecule has 0 aromatic carbocycles. The summed E-state index contributed by atoms with van der Waals surface area (Å²) in [6, 6.07) is 0. The van der Waals surface area contributed by atoms with Crippen molar-refractivity contribution in [2.24, 2.45) is 34.0 Å². The van der Waals surface area contributed by atoms with Gasteiger partial charge in [0.15, 0.2) is 0 Å². The van der Waals surface area contributed by atoms with Gasteiger partial charge in [0.05, 0.1) is 0 Å². The van der Waals surface area contributed by atoms with E-state index in [2.05, 4.69) is 62.3 Å². The maximum absolute atomic E-state index is 2.44. The zero-order valence-electron chi connectivity index (χ0n) is 13.6. The first kappa shape index (κ1) is 15.1. The van der Waals surface area contributed by atoms with Crippen LogP contribution in [0.1, 0.15) is 75.2 Å². The first-order valence-electron chi connectivity index (χ1n) is 7.35. The molecule has 0 aromatic rings. The smallest absolute Gasteiger partial charge is 0.0299 e. The van der Waals surface area contributed by atoms with E-state index in [1.165, 1.54) is 12.8 Å². The summed E-state index contributed by atoms with van der Waals surface area (Å²) in [5, 5.41) is 0. The molecular formula is C17H34. The van der Waals surface area contributed by atoms with Gasteiger partial charge < -0.3 is 0 Å². The molecule has 2 unspecified atom stereocenters. The lowest BCUT2D eigenvalue weighted by molar-refractivity contribution is 0.0300. The number of rotatable bonds is 0. The van der Waals surface area contributed by atoms with E-state index in [-0.39, 0.29) is 0 Å². The highest BCUT2D eigenvalue weighted by atomic mass is 14.5. The van der Waals surface area contributed by atoms with Crippen molar-refractivity contribution in [3.05, 3.63) is 0 Å². The molecule has 102 valence electrons. The molecule has 1 aliphatic rings. The van der Waals surface area contributed by atoms with Crippen LogP contribution in [0.5, 0.6) is 0 Å². The summed E-state index contributed by atoms with van der Waals surface area (Å²) < 4.78 is 0. The molecule has 1 rings (SSSR count). The summed E-state index contributed by atoms with van der Waals surface area (Å²) in [5.74, 6) is 2.63. The van der Waals surface area contributed by atoms with Gasteiger partial charge in [-0.05, 0) is 46.8 Å². The van der Waals surface area contributed by atoms with Crippen LogP contribution in [0.15, 0.2) is 0 Å². The molecule has 0 heteroatoms. The summed E-state index contributed by atoms with van der Waals surface area (Å²) >= 11 is 0. The molecule has 0 radical (unpaired) electrons. The Morgan fingerprint density at radius 1 is 0.529 bits per heavy atom. The summed E-state index contributed by atoms with van der Waals surface area (Å²) in [5.41, 5.74) is 1.35. The summed E-state index contributed by atoms with van der Waals surface area (Å²) in [4.78, 5) is 0. The van der Waals surface area contributed by atoms with Gasteiger partial charge in [0.25, 0.3) is 0 Å². The van der Waals surface area contributed by atoms with Crippen LogP contribution >= 0.6 is 0 Å². The van der Waals surface area contributed by atoms with E-state index in [9.17, 15) is 0 Å². The van der Waals surface area contributed by atoms with Gasteiger partial charge in [-0.25, -0.2) is 0 Å². The summed E-state index contributed by atoms with van der Waals surface area (Å²) in [6.07, 6.45) is 2.85. The third-order valence-electron chi connectivity index (χ3n) is 4.88. The third-order valence-corrected chi connectivity index (χ3v) is 4.88. The van der Waals surface area contributed by atoms with Crippen LogP contribution in [0.3, 0.4) is 0 Å². The van der Waals surface area contributed by atoms with Crippen molar-refractivity contribution in [3.63, 3.8) is 0 Å². The van der Waals surface area contributed by atoms with Crippen molar-refractivity contribution in [3.8, 4) is 0 Å². The Balaban J connectivity index is 3.08. The zero-order chi connectivity index (χ0) is 13.6. The van der Waals surface area contributed by atoms with Gasteiger partial charge in [-0.2, -0.15) is 0 Å². The maximum atomic E-state index is 2.44. The van der Waals surface area contributed by atoms with Crippen molar-refractivity contribution in [1.29, 1.82) is 0 Å². The fourth-order valence-electron chi connectivity index (χ4n) is 4.15. The van der Waals surface area contributed by atoms with Crippen molar-refractivity contribution >= 4 is 0 Å². The third kappa shape index (κ3) is 3.26. The normalized spacial score (nSPS) is 31.9. The molecule has 0 bridgehead atoms. The second-order valence-electron chi connectivity index (χ2n) is 9.41. The van der Waals surface area contributed by atoms with Crippen LogP contribution in [0, 0.1) is 34.0 Å². The van der Waals surface area contributed by atoms with Gasteiger partial charge in [0.1, 0.15) is 0 Å². The van der Waals surface area contributed by atoms with Gasteiger partial charge >= 0.3 is 0 Å². The van der Waals surface area contributed by atoms with E-state index in [4.69, 9.17) is 0 Å². The lowest BCUT2D eigenvalue weighted by Crippen LogP contribution is -2.39.